The zero-order valence-corrected chi connectivity index (χ0v) is 18.2. The van der Waals surface area contributed by atoms with E-state index in [0.717, 1.165) is 68.4 Å². The summed E-state index contributed by atoms with van der Waals surface area (Å²) in [6, 6.07) is 12.6. The molecule has 3 aromatic rings. The summed E-state index contributed by atoms with van der Waals surface area (Å²) in [6.07, 6.45) is 8.98. The molecule has 7 heteroatoms. The van der Waals surface area contributed by atoms with E-state index < -0.39 is 4.92 Å². The molecule has 166 valence electrons. The maximum Gasteiger partial charge on any atom is 0.295 e. The van der Waals surface area contributed by atoms with E-state index >= 15 is 0 Å². The Kier molecular flexibility index (Phi) is 5.64. The highest BCUT2D eigenvalue weighted by Gasteiger charge is 2.25. The van der Waals surface area contributed by atoms with Gasteiger partial charge in [-0.15, -0.1) is 0 Å². The second-order valence-corrected chi connectivity index (χ2v) is 8.96. The Hall–Kier alpha value is -3.22. The molecular weight excluding hydrogens is 404 g/mol. The molecule has 0 unspecified atom stereocenters. The Balaban J connectivity index is 1.72. The zero-order valence-electron chi connectivity index (χ0n) is 18.2. The van der Waals surface area contributed by atoms with Gasteiger partial charge in [0.05, 0.1) is 16.0 Å². The number of benzene rings is 2. The highest BCUT2D eigenvalue weighted by atomic mass is 16.6. The van der Waals surface area contributed by atoms with Gasteiger partial charge in [0.1, 0.15) is 5.69 Å². The molecule has 0 amide bonds. The summed E-state index contributed by atoms with van der Waals surface area (Å²) >= 11 is 0. The van der Waals surface area contributed by atoms with Crippen LogP contribution in [0.2, 0.25) is 0 Å². The van der Waals surface area contributed by atoms with Crippen molar-refractivity contribution in [1.29, 1.82) is 0 Å². The average molecular weight is 433 g/mol. The summed E-state index contributed by atoms with van der Waals surface area (Å²) in [5, 5.41) is 18.1. The van der Waals surface area contributed by atoms with Crippen LogP contribution in [0.15, 0.2) is 47.3 Å². The first kappa shape index (κ1) is 20.7. The number of anilines is 1. The van der Waals surface area contributed by atoms with Crippen LogP contribution in [0.25, 0.3) is 16.5 Å². The minimum Gasteiger partial charge on any atom is -0.371 e. The molecule has 2 fully saturated rings. The Labute approximate surface area is 186 Å². The Morgan fingerprint density at radius 3 is 2.31 bits per heavy atom. The first-order valence-corrected chi connectivity index (χ1v) is 11.7. The van der Waals surface area contributed by atoms with Crippen molar-refractivity contribution >= 4 is 22.1 Å². The fourth-order valence-electron chi connectivity index (χ4n) is 5.24. The largest absolute Gasteiger partial charge is 0.371 e. The molecule has 5 rings (SSSR count). The molecule has 2 aliphatic rings. The van der Waals surface area contributed by atoms with Gasteiger partial charge >= 0.3 is 0 Å². The highest BCUT2D eigenvalue weighted by molar-refractivity contribution is 5.84. The van der Waals surface area contributed by atoms with Gasteiger partial charge in [-0.1, -0.05) is 37.5 Å². The number of aromatic nitrogens is 2. The number of piperidine rings is 1. The maximum absolute atomic E-state index is 13.5. The van der Waals surface area contributed by atoms with Gasteiger partial charge in [0.15, 0.2) is 0 Å². The minimum atomic E-state index is -0.418. The summed E-state index contributed by atoms with van der Waals surface area (Å²) in [6.45, 7) is 1.84. The van der Waals surface area contributed by atoms with Crippen LogP contribution < -0.4 is 10.5 Å². The predicted octanol–water partition coefficient (Wildman–Crippen LogP) is 5.33. The number of hydrogen-bond acceptors (Lipinski definition) is 5. The van der Waals surface area contributed by atoms with Crippen molar-refractivity contribution in [3.8, 4) is 5.69 Å². The van der Waals surface area contributed by atoms with Crippen molar-refractivity contribution in [2.45, 2.75) is 57.3 Å². The van der Waals surface area contributed by atoms with Gasteiger partial charge in [-0.25, -0.2) is 0 Å². The molecule has 7 nitrogen and oxygen atoms in total. The lowest BCUT2D eigenvalue weighted by molar-refractivity contribution is -0.384. The molecule has 1 aliphatic carbocycles. The van der Waals surface area contributed by atoms with Crippen LogP contribution in [0.3, 0.4) is 0 Å². The number of fused-ring (bicyclic) bond motifs is 1. The number of nitro benzene ring substituents is 1. The molecule has 1 saturated carbocycles. The van der Waals surface area contributed by atoms with Gasteiger partial charge in [0.2, 0.25) is 0 Å². The lowest BCUT2D eigenvalue weighted by Gasteiger charge is -2.29. The molecule has 0 atom stereocenters. The Morgan fingerprint density at radius 2 is 1.59 bits per heavy atom. The van der Waals surface area contributed by atoms with E-state index in [1.165, 1.54) is 23.6 Å². The van der Waals surface area contributed by atoms with Crippen LogP contribution >= 0.6 is 0 Å². The van der Waals surface area contributed by atoms with E-state index in [2.05, 4.69) is 4.90 Å². The molecule has 0 bridgehead atoms. The maximum atomic E-state index is 13.5. The van der Waals surface area contributed by atoms with E-state index in [0.29, 0.717) is 5.39 Å². The average Bonchev–Trinajstić information content (AvgIpc) is 2.85. The zero-order chi connectivity index (χ0) is 22.1. The Bertz CT molecular complexity index is 1210. The summed E-state index contributed by atoms with van der Waals surface area (Å²) in [5.41, 5.74) is 1.65. The van der Waals surface area contributed by atoms with E-state index in [4.69, 9.17) is 5.10 Å². The number of rotatable bonds is 4. The summed E-state index contributed by atoms with van der Waals surface area (Å²) in [5.74, 6) is 0.268. The lowest BCUT2D eigenvalue weighted by atomic mass is 9.85. The third-order valence-corrected chi connectivity index (χ3v) is 6.93. The first-order chi connectivity index (χ1) is 15.6. The molecule has 0 spiro atoms. The molecule has 1 aromatic heterocycles. The Morgan fingerprint density at radius 1 is 0.906 bits per heavy atom. The predicted molar refractivity (Wildman–Crippen MR) is 126 cm³/mol. The van der Waals surface area contributed by atoms with Crippen LogP contribution in [0, 0.1) is 10.1 Å². The smallest absolute Gasteiger partial charge is 0.295 e. The number of nitro groups is 1. The fraction of sp³-hybridized carbons (Fsp3) is 0.440. The van der Waals surface area contributed by atoms with Crippen LogP contribution in [-0.2, 0) is 0 Å². The molecular formula is C25H28N4O3. The van der Waals surface area contributed by atoms with Crippen LogP contribution in [-0.4, -0.2) is 27.8 Å². The van der Waals surface area contributed by atoms with Gasteiger partial charge < -0.3 is 4.90 Å². The quantitative estimate of drug-likeness (QED) is 0.411. The number of hydrogen-bond donors (Lipinski definition) is 0. The van der Waals surface area contributed by atoms with Crippen LogP contribution in [0.5, 0.6) is 0 Å². The highest BCUT2D eigenvalue weighted by Crippen LogP contribution is 2.35. The minimum absolute atomic E-state index is 0.0924. The normalized spacial score (nSPS) is 17.6. The van der Waals surface area contributed by atoms with Crippen LogP contribution in [0.4, 0.5) is 11.4 Å². The van der Waals surface area contributed by atoms with Gasteiger partial charge in [0.25, 0.3) is 11.2 Å². The first-order valence-electron chi connectivity index (χ1n) is 11.7. The molecule has 32 heavy (non-hydrogen) atoms. The fourth-order valence-corrected chi connectivity index (χ4v) is 5.24. The topological polar surface area (TPSA) is 81.3 Å². The molecule has 1 saturated heterocycles. The van der Waals surface area contributed by atoms with E-state index in [9.17, 15) is 14.9 Å². The van der Waals surface area contributed by atoms with E-state index in [1.807, 2.05) is 24.3 Å². The van der Waals surface area contributed by atoms with Gasteiger partial charge in [-0.05, 0) is 50.3 Å². The summed E-state index contributed by atoms with van der Waals surface area (Å²) in [4.78, 5) is 27.2. The van der Waals surface area contributed by atoms with Gasteiger partial charge in [-0.2, -0.15) is 9.78 Å². The third-order valence-electron chi connectivity index (χ3n) is 6.93. The number of nitrogens with zero attached hydrogens (tertiary/aromatic N) is 4. The standard InChI is InChI=1S/C25H28N4O3/c30-25-21-12-6-5-11-20(21)24(18-9-3-1-4-10-18)26-28(25)23-17-19(13-14-22(23)29(31)32)27-15-7-2-8-16-27/h5-6,11-14,17-18H,1-4,7-10,15-16H2. The second-order valence-electron chi connectivity index (χ2n) is 8.96. The van der Waals surface area contributed by atoms with Crippen molar-refractivity contribution in [3.63, 3.8) is 0 Å². The van der Waals surface area contributed by atoms with Gasteiger partial charge in [0, 0.05) is 36.1 Å². The van der Waals surface area contributed by atoms with Crippen molar-refractivity contribution in [3.05, 3.63) is 68.6 Å². The molecule has 1 aliphatic heterocycles. The van der Waals surface area contributed by atoms with Crippen molar-refractivity contribution < 1.29 is 4.92 Å². The lowest BCUT2D eigenvalue weighted by Crippen LogP contribution is -2.30. The summed E-state index contributed by atoms with van der Waals surface area (Å²) < 4.78 is 1.29. The molecule has 0 radical (unpaired) electrons. The second kappa shape index (κ2) is 8.73. The van der Waals surface area contributed by atoms with Crippen molar-refractivity contribution in [2.75, 3.05) is 18.0 Å². The molecule has 0 N–H and O–H groups in total. The third kappa shape index (κ3) is 3.76. The molecule has 2 aromatic carbocycles. The van der Waals surface area contributed by atoms with Gasteiger partial charge in [-0.3, -0.25) is 14.9 Å². The van der Waals surface area contributed by atoms with Crippen LogP contribution in [0.1, 0.15) is 63.0 Å². The SMILES string of the molecule is O=c1c2ccccc2c(C2CCCCC2)nn1-c1cc(N2CCCCC2)ccc1[N+](=O)[O-]. The van der Waals surface area contributed by atoms with E-state index in [-0.39, 0.29) is 22.9 Å². The van der Waals surface area contributed by atoms with Crippen molar-refractivity contribution in [1.82, 2.24) is 9.78 Å². The summed E-state index contributed by atoms with van der Waals surface area (Å²) in [7, 11) is 0. The van der Waals surface area contributed by atoms with E-state index in [1.54, 1.807) is 12.1 Å². The van der Waals surface area contributed by atoms with Crippen molar-refractivity contribution in [2.24, 2.45) is 0 Å². The molecule has 2 heterocycles. The monoisotopic (exact) mass is 432 g/mol.